The second-order valence-electron chi connectivity index (χ2n) is 5.53. The lowest BCUT2D eigenvalue weighted by Crippen LogP contribution is -2.39. The summed E-state index contributed by atoms with van der Waals surface area (Å²) in [4.78, 5) is 6.85. The Morgan fingerprint density at radius 1 is 1.41 bits per heavy atom. The summed E-state index contributed by atoms with van der Waals surface area (Å²) in [6, 6.07) is 8.14. The predicted octanol–water partition coefficient (Wildman–Crippen LogP) is 2.27. The Morgan fingerprint density at radius 3 is 2.77 bits per heavy atom. The molecule has 1 saturated heterocycles. The van der Waals surface area contributed by atoms with Crippen molar-refractivity contribution in [1.29, 1.82) is 0 Å². The van der Waals surface area contributed by atoms with Crippen LogP contribution < -0.4 is 10.1 Å². The van der Waals surface area contributed by atoms with E-state index in [1.54, 1.807) is 7.11 Å². The molecule has 1 unspecified atom stereocenters. The van der Waals surface area contributed by atoms with Gasteiger partial charge in [0.2, 0.25) is 0 Å². The summed E-state index contributed by atoms with van der Waals surface area (Å²) >= 11 is 0. The Balaban J connectivity index is 1.94. The lowest BCUT2D eigenvalue weighted by atomic mass is 10.2. The molecule has 0 bridgehead atoms. The Morgan fingerprint density at radius 2 is 2.18 bits per heavy atom. The van der Waals surface area contributed by atoms with E-state index in [0.717, 1.165) is 50.8 Å². The Labute approximate surface area is 133 Å². The number of guanidine groups is 1. The lowest BCUT2D eigenvalue weighted by molar-refractivity contribution is 0.117. The number of nitrogens with one attached hydrogen (secondary N) is 1. The normalized spacial score (nSPS) is 18.3. The molecule has 1 atom stereocenters. The monoisotopic (exact) mass is 305 g/mol. The van der Waals surface area contributed by atoms with Gasteiger partial charge in [-0.05, 0) is 37.5 Å². The highest BCUT2D eigenvalue weighted by molar-refractivity contribution is 5.79. The maximum Gasteiger partial charge on any atom is 0.194 e. The average molecular weight is 305 g/mol. The van der Waals surface area contributed by atoms with Gasteiger partial charge in [0, 0.05) is 26.7 Å². The van der Waals surface area contributed by atoms with E-state index in [1.165, 1.54) is 5.56 Å². The standard InChI is InChI=1S/C17H27N3O2/c1-4-18-17(19-12-16-6-5-11-22-16)20(2)13-14-7-9-15(21-3)10-8-14/h7-10,16H,4-6,11-13H2,1-3H3,(H,18,19). The van der Waals surface area contributed by atoms with Crippen LogP contribution in [-0.2, 0) is 11.3 Å². The molecule has 1 heterocycles. The Hall–Kier alpha value is -1.75. The predicted molar refractivity (Wildman–Crippen MR) is 89.4 cm³/mol. The zero-order chi connectivity index (χ0) is 15.8. The molecule has 122 valence electrons. The largest absolute Gasteiger partial charge is 0.497 e. The maximum absolute atomic E-state index is 5.64. The van der Waals surface area contributed by atoms with Gasteiger partial charge in [0.1, 0.15) is 5.75 Å². The minimum atomic E-state index is 0.281. The number of benzene rings is 1. The first-order valence-electron chi connectivity index (χ1n) is 7.97. The van der Waals surface area contributed by atoms with E-state index < -0.39 is 0 Å². The van der Waals surface area contributed by atoms with E-state index in [1.807, 2.05) is 12.1 Å². The topological polar surface area (TPSA) is 46.1 Å². The van der Waals surface area contributed by atoms with Gasteiger partial charge in [-0.15, -0.1) is 0 Å². The molecule has 1 fully saturated rings. The number of methoxy groups -OCH3 is 1. The van der Waals surface area contributed by atoms with E-state index in [2.05, 4.69) is 36.3 Å². The number of hydrogen-bond donors (Lipinski definition) is 1. The third-order valence-corrected chi connectivity index (χ3v) is 3.74. The molecule has 0 radical (unpaired) electrons. The fourth-order valence-electron chi connectivity index (χ4n) is 2.53. The molecule has 0 aromatic heterocycles. The number of hydrogen-bond acceptors (Lipinski definition) is 3. The Kier molecular flexibility index (Phi) is 6.52. The van der Waals surface area contributed by atoms with Crippen molar-refractivity contribution in [3.8, 4) is 5.75 Å². The number of ether oxygens (including phenoxy) is 2. The van der Waals surface area contributed by atoms with Crippen LogP contribution in [0.1, 0.15) is 25.3 Å². The molecule has 5 heteroatoms. The van der Waals surface area contributed by atoms with Gasteiger partial charge >= 0.3 is 0 Å². The van der Waals surface area contributed by atoms with Crippen molar-refractivity contribution >= 4 is 5.96 Å². The first-order chi connectivity index (χ1) is 10.7. The summed E-state index contributed by atoms with van der Waals surface area (Å²) < 4.78 is 10.8. The molecular weight excluding hydrogens is 278 g/mol. The zero-order valence-electron chi connectivity index (χ0n) is 13.8. The van der Waals surface area contributed by atoms with Crippen molar-refractivity contribution in [2.75, 3.05) is 33.9 Å². The first kappa shape index (κ1) is 16.6. The summed E-state index contributed by atoms with van der Waals surface area (Å²) in [5.41, 5.74) is 1.23. The quantitative estimate of drug-likeness (QED) is 0.647. The van der Waals surface area contributed by atoms with Crippen LogP contribution in [0.2, 0.25) is 0 Å². The Bertz CT molecular complexity index is 467. The van der Waals surface area contributed by atoms with E-state index in [9.17, 15) is 0 Å². The van der Waals surface area contributed by atoms with E-state index in [0.29, 0.717) is 0 Å². The van der Waals surface area contributed by atoms with Crippen LogP contribution in [0.25, 0.3) is 0 Å². The van der Waals surface area contributed by atoms with Crippen molar-refractivity contribution in [1.82, 2.24) is 10.2 Å². The SMILES string of the molecule is CCNC(=NCC1CCCO1)N(C)Cc1ccc(OC)cc1. The maximum atomic E-state index is 5.64. The van der Waals surface area contributed by atoms with E-state index in [-0.39, 0.29) is 6.10 Å². The fourth-order valence-corrected chi connectivity index (χ4v) is 2.53. The third-order valence-electron chi connectivity index (χ3n) is 3.74. The second kappa shape index (κ2) is 8.63. The van der Waals surface area contributed by atoms with Crippen LogP contribution in [0.5, 0.6) is 5.75 Å². The van der Waals surface area contributed by atoms with Crippen molar-refractivity contribution in [3.63, 3.8) is 0 Å². The molecule has 1 aromatic rings. The molecule has 5 nitrogen and oxygen atoms in total. The average Bonchev–Trinajstić information content (AvgIpc) is 3.05. The molecule has 22 heavy (non-hydrogen) atoms. The van der Waals surface area contributed by atoms with Crippen molar-refractivity contribution < 1.29 is 9.47 Å². The molecule has 0 saturated carbocycles. The van der Waals surface area contributed by atoms with Crippen LogP contribution in [-0.4, -0.2) is 50.8 Å². The number of rotatable bonds is 6. The highest BCUT2D eigenvalue weighted by Crippen LogP contribution is 2.14. The molecular formula is C17H27N3O2. The molecule has 0 spiro atoms. The van der Waals surface area contributed by atoms with Gasteiger partial charge < -0.3 is 19.7 Å². The number of aliphatic imine (C=N–C) groups is 1. The summed E-state index contributed by atoms with van der Waals surface area (Å²) in [7, 11) is 3.74. The molecule has 1 N–H and O–H groups in total. The van der Waals surface area contributed by atoms with Crippen LogP contribution in [0.15, 0.2) is 29.3 Å². The summed E-state index contributed by atoms with van der Waals surface area (Å²) in [6.45, 7) is 5.36. The highest BCUT2D eigenvalue weighted by Gasteiger charge is 2.15. The van der Waals surface area contributed by atoms with Crippen LogP contribution in [0.4, 0.5) is 0 Å². The van der Waals surface area contributed by atoms with Crippen molar-refractivity contribution in [3.05, 3.63) is 29.8 Å². The van der Waals surface area contributed by atoms with Crippen molar-refractivity contribution in [2.24, 2.45) is 4.99 Å². The van der Waals surface area contributed by atoms with Gasteiger partial charge in [0.05, 0.1) is 19.8 Å². The fraction of sp³-hybridized carbons (Fsp3) is 0.588. The van der Waals surface area contributed by atoms with Crippen LogP contribution in [0.3, 0.4) is 0 Å². The molecule has 1 aliphatic heterocycles. The van der Waals surface area contributed by atoms with Gasteiger partial charge in [-0.2, -0.15) is 0 Å². The van der Waals surface area contributed by atoms with Gasteiger partial charge in [-0.3, -0.25) is 4.99 Å². The zero-order valence-corrected chi connectivity index (χ0v) is 13.8. The minimum absolute atomic E-state index is 0.281. The molecule has 1 aliphatic rings. The van der Waals surface area contributed by atoms with E-state index in [4.69, 9.17) is 14.5 Å². The summed E-state index contributed by atoms with van der Waals surface area (Å²) in [6.07, 6.45) is 2.55. The molecule has 0 amide bonds. The molecule has 2 rings (SSSR count). The second-order valence-corrected chi connectivity index (χ2v) is 5.53. The number of nitrogens with zero attached hydrogens (tertiary/aromatic N) is 2. The summed E-state index contributed by atoms with van der Waals surface area (Å²) in [5.74, 6) is 1.80. The van der Waals surface area contributed by atoms with Gasteiger partial charge in [-0.25, -0.2) is 0 Å². The summed E-state index contributed by atoms with van der Waals surface area (Å²) in [5, 5.41) is 3.34. The van der Waals surface area contributed by atoms with Crippen LogP contribution >= 0.6 is 0 Å². The third kappa shape index (κ3) is 4.91. The minimum Gasteiger partial charge on any atom is -0.497 e. The highest BCUT2D eigenvalue weighted by atomic mass is 16.5. The van der Waals surface area contributed by atoms with Gasteiger partial charge in [0.25, 0.3) is 0 Å². The van der Waals surface area contributed by atoms with Crippen molar-refractivity contribution in [2.45, 2.75) is 32.4 Å². The lowest BCUT2D eigenvalue weighted by Gasteiger charge is -2.22. The van der Waals surface area contributed by atoms with E-state index >= 15 is 0 Å². The van der Waals surface area contributed by atoms with Gasteiger partial charge in [0.15, 0.2) is 5.96 Å². The molecule has 1 aromatic carbocycles. The molecule has 0 aliphatic carbocycles. The smallest absolute Gasteiger partial charge is 0.194 e. The van der Waals surface area contributed by atoms with Gasteiger partial charge in [-0.1, -0.05) is 12.1 Å². The van der Waals surface area contributed by atoms with Crippen LogP contribution in [0, 0.1) is 0 Å². The first-order valence-corrected chi connectivity index (χ1v) is 7.97.